The van der Waals surface area contributed by atoms with Gasteiger partial charge >= 0.3 is 17.6 Å². The predicted octanol–water partition coefficient (Wildman–Crippen LogP) is -0.794. The second-order valence-corrected chi connectivity index (χ2v) is 5.17. The average Bonchev–Trinajstić information content (AvgIpc) is 2.61. The van der Waals surface area contributed by atoms with Crippen molar-refractivity contribution >= 4 is 0 Å². The van der Waals surface area contributed by atoms with Crippen molar-refractivity contribution in [2.24, 2.45) is 0 Å². The summed E-state index contributed by atoms with van der Waals surface area (Å²) in [5.41, 5.74) is -5.89. The minimum absolute atomic E-state index is 0.180. The van der Waals surface area contributed by atoms with E-state index in [-0.39, 0.29) is 10.1 Å². The Kier molecular flexibility index (Phi) is 3.92. The molecule has 126 valence electrons. The summed E-state index contributed by atoms with van der Waals surface area (Å²) >= 11 is 0. The number of H-pyrrole nitrogens is 1. The number of rotatable bonds is 3. The first-order valence-corrected chi connectivity index (χ1v) is 6.39. The number of aryl methyl sites for hydroxylation is 1. The number of alkyl halides is 3. The lowest BCUT2D eigenvalue weighted by Crippen LogP contribution is -2.59. The number of halogens is 3. The van der Waals surface area contributed by atoms with Gasteiger partial charge in [-0.2, -0.15) is 13.2 Å². The van der Waals surface area contributed by atoms with Gasteiger partial charge in [0, 0.05) is 18.2 Å². The molecule has 0 amide bonds. The molecule has 2 rings (SSSR count). The molecule has 1 fully saturated rings. The van der Waals surface area contributed by atoms with Gasteiger partial charge in [0.05, 0.1) is 6.61 Å². The van der Waals surface area contributed by atoms with Crippen LogP contribution in [0.5, 0.6) is 0 Å². The first-order chi connectivity index (χ1) is 10.5. The van der Waals surface area contributed by atoms with Gasteiger partial charge in [-0.05, 0) is 6.92 Å². The Hall–Kier alpha value is -2.09. The molecule has 0 bridgehead atoms. The fraction of sp³-hybridized carbons (Fsp3) is 0.538. The van der Waals surface area contributed by atoms with Crippen LogP contribution in [0.15, 0.2) is 15.8 Å². The van der Waals surface area contributed by atoms with E-state index in [1.165, 1.54) is 0 Å². The summed E-state index contributed by atoms with van der Waals surface area (Å²) in [6.45, 7) is -0.0150. The molecule has 3 atom stereocenters. The molecule has 1 saturated heterocycles. The predicted molar refractivity (Wildman–Crippen MR) is 70.4 cm³/mol. The van der Waals surface area contributed by atoms with Crippen LogP contribution in [0.2, 0.25) is 0 Å². The van der Waals surface area contributed by atoms with Gasteiger partial charge in [0.15, 0.2) is 5.60 Å². The Labute approximate surface area is 127 Å². The van der Waals surface area contributed by atoms with Crippen LogP contribution in [-0.4, -0.2) is 44.0 Å². The van der Waals surface area contributed by atoms with Crippen LogP contribution >= 0.6 is 0 Å². The summed E-state index contributed by atoms with van der Waals surface area (Å²) < 4.78 is 48.4. The van der Waals surface area contributed by atoms with Gasteiger partial charge in [-0.3, -0.25) is 9.78 Å². The van der Waals surface area contributed by atoms with Crippen LogP contribution in [0.25, 0.3) is 0 Å². The highest BCUT2D eigenvalue weighted by atomic mass is 19.3. The van der Waals surface area contributed by atoms with Gasteiger partial charge in [0.25, 0.3) is 5.56 Å². The zero-order valence-electron chi connectivity index (χ0n) is 11.8. The molecule has 0 spiro atoms. The fourth-order valence-corrected chi connectivity index (χ4v) is 2.39. The van der Waals surface area contributed by atoms with Crippen molar-refractivity contribution in [3.63, 3.8) is 0 Å². The molecule has 10 heteroatoms. The van der Waals surface area contributed by atoms with Crippen molar-refractivity contribution in [3.8, 4) is 12.3 Å². The number of aliphatic hydroxyl groups excluding tert-OH is 1. The van der Waals surface area contributed by atoms with Crippen LogP contribution in [0.1, 0.15) is 12.0 Å². The van der Waals surface area contributed by atoms with Crippen molar-refractivity contribution < 1.29 is 28.1 Å². The molecule has 0 aromatic carbocycles. The highest BCUT2D eigenvalue weighted by Gasteiger charge is 2.79. The van der Waals surface area contributed by atoms with E-state index in [0.717, 1.165) is 6.92 Å². The number of nitrogens with zero attached hydrogens (tertiary/aromatic N) is 1. The Morgan fingerprint density at radius 3 is 2.61 bits per heavy atom. The molecule has 2 heterocycles. The minimum atomic E-state index is -4.69. The number of hydrogen-bond acceptors (Lipinski definition) is 5. The van der Waals surface area contributed by atoms with Gasteiger partial charge in [0.2, 0.25) is 0 Å². The van der Waals surface area contributed by atoms with Gasteiger partial charge in [-0.15, -0.1) is 12.3 Å². The second kappa shape index (κ2) is 5.23. The molecular weight excluding hydrogens is 321 g/mol. The number of terminal acetylenes is 1. The summed E-state index contributed by atoms with van der Waals surface area (Å²) in [5.74, 6) is -7.07. The van der Waals surface area contributed by atoms with E-state index in [4.69, 9.17) is 11.5 Å². The van der Waals surface area contributed by atoms with Gasteiger partial charge in [-0.25, -0.2) is 9.36 Å². The quantitative estimate of drug-likeness (QED) is 0.628. The molecule has 1 aromatic rings. The maximum Gasteiger partial charge on any atom is 0.365 e. The Morgan fingerprint density at radius 2 is 2.09 bits per heavy atom. The maximum absolute atomic E-state index is 15.0. The maximum atomic E-state index is 15.0. The second-order valence-electron chi connectivity index (χ2n) is 5.17. The van der Waals surface area contributed by atoms with Crippen molar-refractivity contribution in [2.45, 2.75) is 37.0 Å². The summed E-state index contributed by atoms with van der Waals surface area (Å²) in [7, 11) is 0. The average molecular weight is 334 g/mol. The molecule has 1 aromatic heterocycles. The van der Waals surface area contributed by atoms with Gasteiger partial charge < -0.3 is 14.9 Å². The highest BCUT2D eigenvalue weighted by Crippen LogP contribution is 2.54. The molecule has 0 radical (unpaired) electrons. The first-order valence-electron chi connectivity index (χ1n) is 6.39. The van der Waals surface area contributed by atoms with Crippen molar-refractivity contribution in [1.82, 2.24) is 9.55 Å². The topological polar surface area (TPSA) is 105 Å². The third kappa shape index (κ3) is 2.12. The first kappa shape index (κ1) is 17.3. The number of nitrogens with one attached hydrogen (secondary N) is 1. The Bertz CT molecular complexity index is 783. The zero-order chi connectivity index (χ0) is 17.6. The van der Waals surface area contributed by atoms with Gasteiger partial charge in [0.1, 0.15) is 6.10 Å². The number of ether oxygens (including phenoxy) is 1. The van der Waals surface area contributed by atoms with E-state index in [9.17, 15) is 27.9 Å². The van der Waals surface area contributed by atoms with Crippen LogP contribution in [-0.2, 0) is 10.7 Å². The van der Waals surface area contributed by atoms with Crippen LogP contribution in [0, 0.1) is 19.3 Å². The number of aromatic amines is 1. The summed E-state index contributed by atoms with van der Waals surface area (Å²) in [5, 5.41) is 19.2. The smallest absolute Gasteiger partial charge is 0.365 e. The molecule has 0 aliphatic carbocycles. The minimum Gasteiger partial charge on any atom is -0.394 e. The lowest BCUT2D eigenvalue weighted by molar-refractivity contribution is -0.306. The Balaban J connectivity index is 2.72. The molecule has 0 unspecified atom stereocenters. The van der Waals surface area contributed by atoms with Crippen LogP contribution in [0.4, 0.5) is 13.2 Å². The van der Waals surface area contributed by atoms with Crippen molar-refractivity contribution in [2.75, 3.05) is 6.61 Å². The van der Waals surface area contributed by atoms with Crippen molar-refractivity contribution in [1.29, 1.82) is 0 Å². The lowest BCUT2D eigenvalue weighted by Gasteiger charge is -2.33. The van der Waals surface area contributed by atoms with Gasteiger partial charge in [-0.1, -0.05) is 0 Å². The van der Waals surface area contributed by atoms with Crippen LogP contribution in [0.3, 0.4) is 0 Å². The largest absolute Gasteiger partial charge is 0.394 e. The summed E-state index contributed by atoms with van der Waals surface area (Å²) in [6.07, 6.45) is 2.33. The van der Waals surface area contributed by atoms with E-state index < -0.39 is 47.9 Å². The van der Waals surface area contributed by atoms with E-state index >= 15 is 0 Å². The standard InChI is InChI=1S/C13H13F3N2O5/c1-3-4-11(22)8(6-19)23-13(16,12(11,14)15)18-5-7(2)9(20)17-10(18)21/h1,5,8,19,22H,4,6H2,2H3,(H,17,20,21)/t8-,11-,13+/m1/s1. The molecule has 1 aliphatic rings. The fourth-order valence-electron chi connectivity index (χ4n) is 2.39. The van der Waals surface area contributed by atoms with E-state index in [1.54, 1.807) is 10.9 Å². The summed E-state index contributed by atoms with van der Waals surface area (Å²) in [6, 6.07) is 0. The molecule has 3 N–H and O–H groups in total. The molecule has 23 heavy (non-hydrogen) atoms. The number of aliphatic hydroxyl groups is 2. The van der Waals surface area contributed by atoms with E-state index in [2.05, 4.69) is 4.74 Å². The number of aromatic nitrogens is 2. The molecule has 0 saturated carbocycles. The molecule has 1 aliphatic heterocycles. The Morgan fingerprint density at radius 1 is 1.48 bits per heavy atom. The lowest BCUT2D eigenvalue weighted by atomic mass is 9.87. The number of hydrogen-bond donors (Lipinski definition) is 3. The normalized spacial score (nSPS) is 32.7. The third-order valence-electron chi connectivity index (χ3n) is 3.73. The molecule has 7 nitrogen and oxygen atoms in total. The third-order valence-corrected chi connectivity index (χ3v) is 3.73. The highest BCUT2D eigenvalue weighted by molar-refractivity contribution is 5.16. The van der Waals surface area contributed by atoms with Crippen molar-refractivity contribution in [3.05, 3.63) is 32.6 Å². The van der Waals surface area contributed by atoms with E-state index in [0.29, 0.717) is 6.20 Å². The SMILES string of the molecule is C#CC[C@@]1(O)[C@@H](CO)O[C@@](F)(n2cc(C)c(=O)[nH]c2=O)C1(F)F. The molecular formula is C13H13F3N2O5. The monoisotopic (exact) mass is 334 g/mol. The summed E-state index contributed by atoms with van der Waals surface area (Å²) in [4.78, 5) is 24.6. The van der Waals surface area contributed by atoms with E-state index in [1.807, 2.05) is 0 Å². The zero-order valence-corrected chi connectivity index (χ0v) is 11.8. The van der Waals surface area contributed by atoms with Crippen LogP contribution < -0.4 is 11.2 Å².